The number of amides is 1. The Morgan fingerprint density at radius 3 is 1.62 bits per heavy atom. The van der Waals surface area contributed by atoms with Crippen LogP contribution in [0.25, 0.3) is 0 Å². The van der Waals surface area contributed by atoms with Crippen LogP contribution in [-0.2, 0) is 9.53 Å². The molecule has 0 aromatic rings. The molecule has 0 rings (SSSR count). The van der Waals surface area contributed by atoms with Crippen LogP contribution in [0.5, 0.6) is 0 Å². The lowest BCUT2D eigenvalue weighted by Crippen LogP contribution is -2.34. The Balaban J connectivity index is 4.20. The first-order chi connectivity index (χ1) is 18.7. The molecule has 0 aliphatic rings. The van der Waals surface area contributed by atoms with Crippen molar-refractivity contribution >= 4 is 12.1 Å². The van der Waals surface area contributed by atoms with Crippen LogP contribution in [0.3, 0.4) is 0 Å². The van der Waals surface area contributed by atoms with E-state index in [2.05, 4.69) is 24.5 Å². The second-order valence-corrected chi connectivity index (χ2v) is 12.6. The third-order valence-electron chi connectivity index (χ3n) is 7.56. The fourth-order valence-electron chi connectivity index (χ4n) is 5.29. The van der Waals surface area contributed by atoms with E-state index in [1.807, 2.05) is 20.8 Å². The molecule has 0 fully saturated rings. The highest BCUT2D eigenvalue weighted by molar-refractivity contribution is 5.70. The summed E-state index contributed by atoms with van der Waals surface area (Å²) < 4.78 is 5.23. The number of rotatable bonds is 27. The zero-order valence-electron chi connectivity index (χ0n) is 26.6. The summed E-state index contributed by atoms with van der Waals surface area (Å²) in [5.74, 6) is -0.402. The second kappa shape index (κ2) is 25.7. The van der Waals surface area contributed by atoms with Crippen molar-refractivity contribution in [1.29, 1.82) is 0 Å². The average Bonchev–Trinajstić information content (AvgIpc) is 2.86. The van der Waals surface area contributed by atoms with Gasteiger partial charge < -0.3 is 20.5 Å². The van der Waals surface area contributed by atoms with Gasteiger partial charge in [-0.1, -0.05) is 110 Å². The first-order valence-electron chi connectivity index (χ1n) is 16.6. The highest BCUT2D eigenvalue weighted by atomic mass is 16.6. The van der Waals surface area contributed by atoms with Crippen LogP contribution >= 0.6 is 0 Å². The summed E-state index contributed by atoms with van der Waals surface area (Å²) >= 11 is 0. The Hall–Kier alpha value is -1.30. The molecule has 3 N–H and O–H groups in total. The lowest BCUT2D eigenvalue weighted by atomic mass is 9.80. The lowest BCUT2D eigenvalue weighted by Gasteiger charge is -2.24. The first kappa shape index (κ1) is 37.7. The standard InChI is InChI=1S/C33H66N2O4/c1-6-8-10-12-14-18-23-29(24-19-15-13-11-9-7-2)30(31(36)37)25-20-16-17-21-26-34-27-22-28-35-32(38)39-33(3,4)5/h29-30,34H,6-28H2,1-5H3,(H,35,38)(H,36,37). The minimum Gasteiger partial charge on any atom is -0.481 e. The molecule has 0 radical (unpaired) electrons. The zero-order valence-corrected chi connectivity index (χ0v) is 26.6. The van der Waals surface area contributed by atoms with Crippen molar-refractivity contribution in [2.24, 2.45) is 11.8 Å². The van der Waals surface area contributed by atoms with Crippen LogP contribution in [0, 0.1) is 11.8 Å². The van der Waals surface area contributed by atoms with Gasteiger partial charge in [0.15, 0.2) is 0 Å². The molecule has 0 spiro atoms. The van der Waals surface area contributed by atoms with Crippen LogP contribution in [0.4, 0.5) is 4.79 Å². The Morgan fingerprint density at radius 2 is 1.10 bits per heavy atom. The maximum Gasteiger partial charge on any atom is 0.407 e. The molecule has 0 aliphatic heterocycles. The highest BCUT2D eigenvalue weighted by Gasteiger charge is 2.27. The predicted molar refractivity (Wildman–Crippen MR) is 165 cm³/mol. The number of unbranched alkanes of at least 4 members (excludes halogenated alkanes) is 13. The zero-order chi connectivity index (χ0) is 29.2. The molecular weight excluding hydrogens is 488 g/mol. The van der Waals surface area contributed by atoms with Crippen molar-refractivity contribution in [3.63, 3.8) is 0 Å². The van der Waals surface area contributed by atoms with E-state index >= 15 is 0 Å². The summed E-state index contributed by atoms with van der Waals surface area (Å²) in [4.78, 5) is 23.9. The molecule has 39 heavy (non-hydrogen) atoms. The number of nitrogens with one attached hydrogen (secondary N) is 2. The van der Waals surface area contributed by atoms with Gasteiger partial charge >= 0.3 is 12.1 Å². The van der Waals surface area contributed by atoms with E-state index in [4.69, 9.17) is 4.74 Å². The van der Waals surface area contributed by atoms with Crippen molar-refractivity contribution in [1.82, 2.24) is 10.6 Å². The maximum atomic E-state index is 12.2. The molecule has 0 saturated carbocycles. The van der Waals surface area contributed by atoms with Gasteiger partial charge in [0.25, 0.3) is 0 Å². The van der Waals surface area contributed by atoms with Crippen LogP contribution in [0.15, 0.2) is 0 Å². The number of aliphatic carboxylic acids is 1. The second-order valence-electron chi connectivity index (χ2n) is 12.6. The van der Waals surface area contributed by atoms with E-state index in [0.29, 0.717) is 12.5 Å². The Morgan fingerprint density at radius 1 is 0.641 bits per heavy atom. The molecule has 1 atom stereocenters. The third-order valence-corrected chi connectivity index (χ3v) is 7.56. The Labute approximate surface area is 242 Å². The summed E-state index contributed by atoms with van der Waals surface area (Å²) in [5.41, 5.74) is -0.463. The summed E-state index contributed by atoms with van der Waals surface area (Å²) in [5, 5.41) is 16.3. The van der Waals surface area contributed by atoms with E-state index in [-0.39, 0.29) is 12.0 Å². The lowest BCUT2D eigenvalue weighted by molar-refractivity contribution is -0.144. The van der Waals surface area contributed by atoms with Crippen molar-refractivity contribution in [3.8, 4) is 0 Å². The molecule has 1 amide bonds. The maximum absolute atomic E-state index is 12.2. The molecule has 6 nitrogen and oxygen atoms in total. The van der Waals surface area contributed by atoms with Gasteiger partial charge in [-0.3, -0.25) is 4.79 Å². The SMILES string of the molecule is CCCCCCCCC(CCCCCCCC)C(CCCCCCNCCCNC(=O)OC(C)(C)C)C(=O)O. The van der Waals surface area contributed by atoms with Crippen LogP contribution < -0.4 is 10.6 Å². The number of alkyl carbamates (subject to hydrolysis) is 1. The summed E-state index contributed by atoms with van der Waals surface area (Å²) in [6, 6.07) is 0. The number of carbonyl (C=O) groups excluding carboxylic acids is 1. The fraction of sp³-hybridized carbons (Fsp3) is 0.939. The van der Waals surface area contributed by atoms with E-state index in [0.717, 1.165) is 64.5 Å². The molecule has 0 heterocycles. The van der Waals surface area contributed by atoms with Crippen LogP contribution in [-0.4, -0.2) is 42.4 Å². The van der Waals surface area contributed by atoms with Crippen molar-refractivity contribution in [3.05, 3.63) is 0 Å². The number of hydrogen-bond donors (Lipinski definition) is 3. The van der Waals surface area contributed by atoms with Crippen molar-refractivity contribution < 1.29 is 19.4 Å². The molecule has 0 aliphatic carbocycles. The van der Waals surface area contributed by atoms with Gasteiger partial charge in [-0.05, 0) is 71.9 Å². The van der Waals surface area contributed by atoms with E-state index in [1.54, 1.807) is 0 Å². The number of carboxylic acids is 1. The summed E-state index contributed by atoms with van der Waals surface area (Å²) in [7, 11) is 0. The number of ether oxygens (including phenoxy) is 1. The number of carbonyl (C=O) groups is 2. The Bertz CT molecular complexity index is 561. The molecule has 0 aromatic heterocycles. The predicted octanol–water partition coefficient (Wildman–Crippen LogP) is 9.26. The molecular formula is C33H66N2O4. The minimum absolute atomic E-state index is 0.174. The van der Waals surface area contributed by atoms with E-state index in [9.17, 15) is 14.7 Å². The topological polar surface area (TPSA) is 87.7 Å². The molecule has 232 valence electrons. The van der Waals surface area contributed by atoms with Crippen LogP contribution in [0.2, 0.25) is 0 Å². The third kappa shape index (κ3) is 25.4. The monoisotopic (exact) mass is 555 g/mol. The van der Waals surface area contributed by atoms with Gasteiger partial charge in [-0.25, -0.2) is 4.79 Å². The molecule has 1 unspecified atom stereocenters. The van der Waals surface area contributed by atoms with Crippen molar-refractivity contribution in [2.75, 3.05) is 19.6 Å². The summed E-state index contributed by atoms with van der Waals surface area (Å²) in [6.07, 6.45) is 23.2. The minimum atomic E-state index is -0.571. The average molecular weight is 555 g/mol. The molecule has 6 heteroatoms. The normalized spacial score (nSPS) is 12.6. The number of carboxylic acid groups (broad SMARTS) is 1. The molecule has 0 aromatic carbocycles. The van der Waals surface area contributed by atoms with E-state index in [1.165, 1.54) is 77.0 Å². The largest absolute Gasteiger partial charge is 0.481 e. The van der Waals surface area contributed by atoms with Gasteiger partial charge in [-0.2, -0.15) is 0 Å². The van der Waals surface area contributed by atoms with Gasteiger partial charge in [0.05, 0.1) is 5.92 Å². The van der Waals surface area contributed by atoms with Crippen molar-refractivity contribution in [2.45, 2.75) is 169 Å². The van der Waals surface area contributed by atoms with Gasteiger partial charge in [-0.15, -0.1) is 0 Å². The Kier molecular flexibility index (Phi) is 24.8. The molecule has 0 bridgehead atoms. The summed E-state index contributed by atoms with van der Waals surface area (Å²) in [6.45, 7) is 12.5. The fourth-order valence-corrected chi connectivity index (χ4v) is 5.29. The van der Waals surface area contributed by atoms with Gasteiger partial charge in [0.2, 0.25) is 0 Å². The quantitative estimate of drug-likeness (QED) is 0.0881. The van der Waals surface area contributed by atoms with E-state index < -0.39 is 11.6 Å². The van der Waals surface area contributed by atoms with Gasteiger partial charge in [0, 0.05) is 6.54 Å². The molecule has 0 saturated heterocycles. The highest BCUT2D eigenvalue weighted by Crippen LogP contribution is 2.30. The van der Waals surface area contributed by atoms with Crippen LogP contribution in [0.1, 0.15) is 163 Å². The number of hydrogen-bond acceptors (Lipinski definition) is 4. The van der Waals surface area contributed by atoms with Gasteiger partial charge in [0.1, 0.15) is 5.60 Å². The smallest absolute Gasteiger partial charge is 0.407 e. The first-order valence-corrected chi connectivity index (χ1v) is 16.6.